The van der Waals surface area contributed by atoms with Crippen LogP contribution in [0.3, 0.4) is 0 Å². The molecule has 0 aromatic carbocycles. The third-order valence-corrected chi connectivity index (χ3v) is 9.47. The van der Waals surface area contributed by atoms with Crippen molar-refractivity contribution in [3.63, 3.8) is 0 Å². The van der Waals surface area contributed by atoms with Crippen molar-refractivity contribution in [3.05, 3.63) is 23.8 Å². The summed E-state index contributed by atoms with van der Waals surface area (Å²) in [6.07, 6.45) is 1.57. The van der Waals surface area contributed by atoms with Gasteiger partial charge in [0.15, 0.2) is 28.6 Å². The first-order valence-corrected chi connectivity index (χ1v) is 12.7. The summed E-state index contributed by atoms with van der Waals surface area (Å²) in [5, 5.41) is 11.4. The zero-order chi connectivity index (χ0) is 26.0. The number of aliphatic hydroxyl groups is 1. The largest absolute Gasteiger partial charge is 0.509 e. The Bertz CT molecular complexity index is 1040. The highest BCUT2D eigenvalue weighted by Gasteiger charge is 2.78. The molecule has 0 unspecified atom stereocenters. The summed E-state index contributed by atoms with van der Waals surface area (Å²) in [6, 6.07) is 0. The van der Waals surface area contributed by atoms with Gasteiger partial charge < -0.3 is 14.6 Å². The normalized spacial score (nSPS) is 44.1. The van der Waals surface area contributed by atoms with Crippen LogP contribution in [0.15, 0.2) is 23.8 Å². The van der Waals surface area contributed by atoms with Gasteiger partial charge in [-0.2, -0.15) is 0 Å². The first-order chi connectivity index (χ1) is 16.3. The number of ether oxygens (including phenoxy) is 2. The molecule has 35 heavy (non-hydrogen) atoms. The summed E-state index contributed by atoms with van der Waals surface area (Å²) in [7, 11) is 0. The number of halogens is 2. The predicted molar refractivity (Wildman–Crippen MR) is 124 cm³/mol. The van der Waals surface area contributed by atoms with Crippen LogP contribution in [0.2, 0.25) is 0 Å². The fourth-order valence-electron chi connectivity index (χ4n) is 7.67. The monoisotopic (exact) mass is 510 g/mol. The van der Waals surface area contributed by atoms with E-state index in [2.05, 4.69) is 0 Å². The Labute approximate surface area is 209 Å². The van der Waals surface area contributed by atoms with E-state index < -0.39 is 69.6 Å². The molecule has 0 saturated heterocycles. The number of hydrogen-bond acceptors (Lipinski definition) is 7. The molecular weight excluding hydrogens is 479 g/mol. The standard InChI is InChI=1S/C26H32ClFO7/c1-5-8-34-22(33)35-26(21(32)13-27)14(2)9-16-17-11-19(30)18-10-15(29)6-7-23(18,3)25(17,28)20(31)12-24(16,26)4/h6-7,10,14,16-17,20,31H,5,8-9,11-13H2,1-4H3/t14-,16-,17-,20-,23-,24-,25-,26-/m0/s1. The van der Waals surface area contributed by atoms with Gasteiger partial charge in [-0.25, -0.2) is 9.18 Å². The summed E-state index contributed by atoms with van der Waals surface area (Å²) < 4.78 is 28.2. The Balaban J connectivity index is 1.84. The number of Topliss-reactive ketones (excluding diaryl/α,β-unsaturated/α-hetero) is 2. The van der Waals surface area contributed by atoms with Crippen molar-refractivity contribution in [3.8, 4) is 0 Å². The highest BCUT2D eigenvalue weighted by molar-refractivity contribution is 6.29. The summed E-state index contributed by atoms with van der Waals surface area (Å²) in [5.41, 5.74) is -6.66. The Hall–Kier alpha value is -2.06. The molecule has 0 radical (unpaired) electrons. The van der Waals surface area contributed by atoms with E-state index in [-0.39, 0.29) is 37.2 Å². The van der Waals surface area contributed by atoms with Crippen molar-refractivity contribution >= 4 is 35.1 Å². The molecule has 9 heteroatoms. The second-order valence-electron chi connectivity index (χ2n) is 10.9. The van der Waals surface area contributed by atoms with Crippen molar-refractivity contribution in [2.24, 2.45) is 28.6 Å². The predicted octanol–water partition coefficient (Wildman–Crippen LogP) is 3.89. The Morgan fingerprint density at radius 1 is 1.26 bits per heavy atom. The van der Waals surface area contributed by atoms with Crippen LogP contribution in [0.25, 0.3) is 0 Å². The minimum Gasteiger partial charge on any atom is -0.434 e. The van der Waals surface area contributed by atoms with E-state index in [1.54, 1.807) is 13.8 Å². The van der Waals surface area contributed by atoms with Gasteiger partial charge in [-0.15, -0.1) is 11.6 Å². The lowest BCUT2D eigenvalue weighted by molar-refractivity contribution is -0.219. The Morgan fingerprint density at radius 2 is 1.94 bits per heavy atom. The molecule has 8 atom stereocenters. The van der Waals surface area contributed by atoms with Crippen LogP contribution in [0, 0.1) is 28.6 Å². The van der Waals surface area contributed by atoms with E-state index in [4.69, 9.17) is 21.1 Å². The minimum atomic E-state index is -2.27. The fraction of sp³-hybridized carbons (Fsp3) is 0.692. The maximum absolute atomic E-state index is 17.3. The zero-order valence-corrected chi connectivity index (χ0v) is 21.2. The first kappa shape index (κ1) is 26.0. The maximum Gasteiger partial charge on any atom is 0.509 e. The van der Waals surface area contributed by atoms with Crippen LogP contribution in [0.5, 0.6) is 0 Å². The number of carbonyl (C=O) groups excluding carboxylic acids is 4. The van der Waals surface area contributed by atoms with Crippen molar-refractivity contribution in [2.75, 3.05) is 12.5 Å². The molecule has 4 aliphatic carbocycles. The second kappa shape index (κ2) is 8.51. The molecule has 0 heterocycles. The highest BCUT2D eigenvalue weighted by Crippen LogP contribution is 2.71. The van der Waals surface area contributed by atoms with Crippen molar-refractivity contribution in [1.29, 1.82) is 0 Å². The van der Waals surface area contributed by atoms with Crippen LogP contribution < -0.4 is 0 Å². The molecule has 0 aliphatic heterocycles. The molecule has 4 rings (SSSR count). The molecule has 7 nitrogen and oxygen atoms in total. The van der Waals surface area contributed by atoms with Crippen molar-refractivity contribution in [1.82, 2.24) is 0 Å². The average molecular weight is 511 g/mol. The van der Waals surface area contributed by atoms with E-state index in [0.717, 1.165) is 6.08 Å². The quantitative estimate of drug-likeness (QED) is 0.441. The molecule has 4 aliphatic rings. The van der Waals surface area contributed by atoms with E-state index >= 15 is 4.39 Å². The number of carbonyl (C=O) groups is 4. The molecule has 0 bridgehead atoms. The van der Waals surface area contributed by atoms with Gasteiger partial charge in [0.05, 0.1) is 24.0 Å². The van der Waals surface area contributed by atoms with Gasteiger partial charge in [-0.05, 0) is 44.3 Å². The zero-order valence-electron chi connectivity index (χ0n) is 20.4. The van der Waals surface area contributed by atoms with Gasteiger partial charge in [0.1, 0.15) is 0 Å². The summed E-state index contributed by atoms with van der Waals surface area (Å²) >= 11 is 6.00. The molecule has 3 saturated carbocycles. The smallest absolute Gasteiger partial charge is 0.434 e. The minimum absolute atomic E-state index is 0.0555. The second-order valence-corrected chi connectivity index (χ2v) is 11.1. The average Bonchev–Trinajstić information content (AvgIpc) is 3.02. The molecule has 3 fully saturated rings. The lowest BCUT2D eigenvalue weighted by Gasteiger charge is -2.62. The topological polar surface area (TPSA) is 107 Å². The molecule has 0 aromatic heterocycles. The van der Waals surface area contributed by atoms with Gasteiger partial charge in [-0.3, -0.25) is 14.4 Å². The highest BCUT2D eigenvalue weighted by atomic mass is 35.5. The van der Waals surface area contributed by atoms with Gasteiger partial charge in [0, 0.05) is 29.2 Å². The molecule has 1 N–H and O–H groups in total. The van der Waals surface area contributed by atoms with Gasteiger partial charge in [-0.1, -0.05) is 26.8 Å². The number of ketones is 3. The van der Waals surface area contributed by atoms with Crippen LogP contribution >= 0.6 is 11.6 Å². The lowest BCUT2D eigenvalue weighted by atomic mass is 9.44. The summed E-state index contributed by atoms with van der Waals surface area (Å²) in [5.74, 6) is -3.85. The molecule has 0 spiro atoms. The summed E-state index contributed by atoms with van der Waals surface area (Å²) in [4.78, 5) is 51.2. The van der Waals surface area contributed by atoms with Crippen molar-refractivity contribution in [2.45, 2.75) is 70.8 Å². The third-order valence-electron chi connectivity index (χ3n) is 9.23. The fourth-order valence-corrected chi connectivity index (χ4v) is 7.87. The van der Waals surface area contributed by atoms with Crippen LogP contribution in [-0.4, -0.2) is 58.5 Å². The molecule has 0 aromatic rings. The van der Waals surface area contributed by atoms with Gasteiger partial charge >= 0.3 is 6.16 Å². The maximum atomic E-state index is 17.3. The van der Waals surface area contributed by atoms with E-state index in [9.17, 15) is 24.3 Å². The molecule has 192 valence electrons. The Kier molecular flexibility index (Phi) is 6.33. The number of hydrogen-bond donors (Lipinski definition) is 1. The third kappa shape index (κ3) is 3.24. The first-order valence-electron chi connectivity index (χ1n) is 12.1. The van der Waals surface area contributed by atoms with E-state index in [0.29, 0.717) is 6.42 Å². The van der Waals surface area contributed by atoms with E-state index in [1.807, 2.05) is 6.92 Å². The molecular formula is C26H32ClFO7. The van der Waals surface area contributed by atoms with Gasteiger partial charge in [0.2, 0.25) is 0 Å². The molecule has 0 amide bonds. The van der Waals surface area contributed by atoms with Crippen LogP contribution in [-0.2, 0) is 23.9 Å². The number of allylic oxidation sites excluding steroid dienone is 4. The lowest BCUT2D eigenvalue weighted by Crippen LogP contribution is -2.71. The van der Waals surface area contributed by atoms with E-state index in [1.165, 1.54) is 19.1 Å². The van der Waals surface area contributed by atoms with Crippen LogP contribution in [0.4, 0.5) is 9.18 Å². The SMILES string of the molecule is CCCOC(=O)O[C@]1(C(=O)CCl)[C@@H](C)C[C@H]2[C@@H]3CC(=O)C4=CC(=O)C=C[C@]4(C)[C@@]3(F)[C@@H](O)C[C@@]21C. The Morgan fingerprint density at radius 3 is 2.57 bits per heavy atom. The van der Waals surface area contributed by atoms with Gasteiger partial charge in [0.25, 0.3) is 0 Å². The number of fused-ring (bicyclic) bond motifs is 5. The van der Waals surface area contributed by atoms with Crippen LogP contribution in [0.1, 0.15) is 53.4 Å². The van der Waals surface area contributed by atoms with Crippen molar-refractivity contribution < 1.29 is 38.1 Å². The summed E-state index contributed by atoms with van der Waals surface area (Å²) in [6.45, 7) is 6.90. The number of rotatable bonds is 5. The number of aliphatic hydroxyl groups excluding tert-OH is 1. The number of alkyl halides is 2.